The molecule has 1 saturated heterocycles. The summed E-state index contributed by atoms with van der Waals surface area (Å²) in [6.07, 6.45) is 5.97. The predicted molar refractivity (Wildman–Crippen MR) is 111 cm³/mol. The van der Waals surface area contributed by atoms with Crippen LogP contribution in [0.5, 0.6) is 0 Å². The summed E-state index contributed by atoms with van der Waals surface area (Å²) in [7, 11) is -1.71. The maximum atomic E-state index is 12.9. The van der Waals surface area contributed by atoms with Crippen molar-refractivity contribution in [1.29, 1.82) is 0 Å². The minimum Gasteiger partial charge on any atom is -0.369 e. The molecule has 0 aromatic heterocycles. The van der Waals surface area contributed by atoms with E-state index in [1.165, 1.54) is 19.3 Å². The molecule has 8 heteroatoms. The van der Waals surface area contributed by atoms with Crippen LogP contribution in [0.3, 0.4) is 0 Å². The molecule has 1 aromatic rings. The molecule has 28 heavy (non-hydrogen) atoms. The number of carbonyl (C=O) groups is 1. The second-order valence-corrected chi connectivity index (χ2v) is 9.54. The van der Waals surface area contributed by atoms with Crippen molar-refractivity contribution in [3.8, 4) is 0 Å². The number of nitrogens with zero attached hydrogens (tertiary/aromatic N) is 3. The SMILES string of the molecule is CC(C(=O)N(C)C1CCCCC1)N1CCN(c2ccc(S(N)(=O)=O)cc2)CC1. The van der Waals surface area contributed by atoms with Crippen LogP contribution in [0.25, 0.3) is 0 Å². The highest BCUT2D eigenvalue weighted by Crippen LogP contribution is 2.24. The number of nitrogens with two attached hydrogens (primary N) is 1. The van der Waals surface area contributed by atoms with Crippen LogP contribution in [-0.2, 0) is 14.8 Å². The molecule has 2 aliphatic rings. The zero-order valence-corrected chi connectivity index (χ0v) is 17.7. The van der Waals surface area contributed by atoms with E-state index in [0.717, 1.165) is 44.7 Å². The van der Waals surface area contributed by atoms with Gasteiger partial charge in [0.1, 0.15) is 0 Å². The number of hydrogen-bond donors (Lipinski definition) is 1. The molecule has 0 spiro atoms. The summed E-state index contributed by atoms with van der Waals surface area (Å²) in [5, 5.41) is 5.16. The zero-order chi connectivity index (χ0) is 20.3. The zero-order valence-electron chi connectivity index (χ0n) is 16.9. The lowest BCUT2D eigenvalue weighted by molar-refractivity contribution is -0.138. The van der Waals surface area contributed by atoms with E-state index in [-0.39, 0.29) is 16.8 Å². The first kappa shape index (κ1) is 21.1. The number of rotatable bonds is 5. The Morgan fingerprint density at radius 1 is 1.07 bits per heavy atom. The predicted octanol–water partition coefficient (Wildman–Crippen LogP) is 1.64. The van der Waals surface area contributed by atoms with E-state index in [1.54, 1.807) is 24.3 Å². The van der Waals surface area contributed by atoms with Gasteiger partial charge in [-0.3, -0.25) is 9.69 Å². The second kappa shape index (κ2) is 8.80. The molecular formula is C20H32N4O3S. The van der Waals surface area contributed by atoms with Crippen molar-refractivity contribution in [2.75, 3.05) is 38.1 Å². The molecular weight excluding hydrogens is 376 g/mol. The van der Waals surface area contributed by atoms with Crippen LogP contribution in [0, 0.1) is 0 Å². The van der Waals surface area contributed by atoms with Gasteiger partial charge in [0.15, 0.2) is 0 Å². The summed E-state index contributed by atoms with van der Waals surface area (Å²) in [5.41, 5.74) is 0.977. The molecule has 1 atom stereocenters. The van der Waals surface area contributed by atoms with Gasteiger partial charge >= 0.3 is 0 Å². The first-order chi connectivity index (χ1) is 13.3. The standard InChI is InChI=1S/C20H32N4O3S/c1-16(20(25)22(2)17-6-4-3-5-7-17)23-12-14-24(15-13-23)18-8-10-19(11-9-18)28(21,26)27/h8-11,16-17H,3-7,12-15H2,1-2H3,(H2,21,26,27). The Kier molecular flexibility index (Phi) is 6.62. The molecule has 1 aromatic carbocycles. The summed E-state index contributed by atoms with van der Waals surface area (Å²) >= 11 is 0. The molecule has 1 aliphatic carbocycles. The number of anilines is 1. The Balaban J connectivity index is 1.54. The molecule has 1 heterocycles. The number of amides is 1. The highest BCUT2D eigenvalue weighted by molar-refractivity contribution is 7.89. The Labute approximate surface area is 168 Å². The average Bonchev–Trinajstić information content (AvgIpc) is 2.72. The van der Waals surface area contributed by atoms with Crippen molar-refractivity contribution < 1.29 is 13.2 Å². The van der Waals surface area contributed by atoms with Gasteiger partial charge in [-0.05, 0) is 44.0 Å². The highest BCUT2D eigenvalue weighted by atomic mass is 32.2. The molecule has 7 nitrogen and oxygen atoms in total. The highest BCUT2D eigenvalue weighted by Gasteiger charge is 2.30. The average molecular weight is 409 g/mol. The summed E-state index contributed by atoms with van der Waals surface area (Å²) in [5.74, 6) is 0.220. The van der Waals surface area contributed by atoms with E-state index >= 15 is 0 Å². The van der Waals surface area contributed by atoms with Crippen LogP contribution in [0.4, 0.5) is 5.69 Å². The van der Waals surface area contributed by atoms with E-state index in [2.05, 4.69) is 9.80 Å². The van der Waals surface area contributed by atoms with Gasteiger partial charge in [-0.1, -0.05) is 19.3 Å². The quantitative estimate of drug-likeness (QED) is 0.800. The molecule has 2 N–H and O–H groups in total. The number of likely N-dealkylation sites (N-methyl/N-ethyl adjacent to an activating group) is 1. The van der Waals surface area contributed by atoms with Gasteiger partial charge in [0.25, 0.3) is 0 Å². The van der Waals surface area contributed by atoms with Crippen molar-refractivity contribution in [1.82, 2.24) is 9.80 Å². The fourth-order valence-electron chi connectivity index (χ4n) is 4.31. The Morgan fingerprint density at radius 2 is 1.64 bits per heavy atom. The Morgan fingerprint density at radius 3 is 2.18 bits per heavy atom. The van der Waals surface area contributed by atoms with Crippen LogP contribution in [0.1, 0.15) is 39.0 Å². The summed E-state index contributed by atoms with van der Waals surface area (Å²) < 4.78 is 22.8. The second-order valence-electron chi connectivity index (χ2n) is 7.98. The van der Waals surface area contributed by atoms with E-state index in [4.69, 9.17) is 5.14 Å². The molecule has 1 unspecified atom stereocenters. The molecule has 1 aliphatic heterocycles. The molecule has 0 radical (unpaired) electrons. The van der Waals surface area contributed by atoms with E-state index < -0.39 is 10.0 Å². The van der Waals surface area contributed by atoms with Crippen molar-refractivity contribution in [2.24, 2.45) is 5.14 Å². The molecule has 3 rings (SSSR count). The number of sulfonamides is 1. The molecule has 1 saturated carbocycles. The normalized spacial score (nSPS) is 20.8. The molecule has 156 valence electrons. The van der Waals surface area contributed by atoms with E-state index in [1.807, 2.05) is 18.9 Å². The number of primary sulfonamides is 1. The van der Waals surface area contributed by atoms with Gasteiger partial charge < -0.3 is 9.80 Å². The summed E-state index contributed by atoms with van der Waals surface area (Å²) in [6, 6.07) is 6.95. The van der Waals surface area contributed by atoms with Crippen LogP contribution >= 0.6 is 0 Å². The fraction of sp³-hybridized carbons (Fsp3) is 0.650. The number of hydrogen-bond acceptors (Lipinski definition) is 5. The topological polar surface area (TPSA) is 86.9 Å². The summed E-state index contributed by atoms with van der Waals surface area (Å²) in [4.78, 5) is 19.5. The number of benzene rings is 1. The van der Waals surface area contributed by atoms with Gasteiger partial charge in [-0.2, -0.15) is 0 Å². The first-order valence-electron chi connectivity index (χ1n) is 10.2. The number of piperazine rings is 1. The molecule has 2 fully saturated rings. The number of carbonyl (C=O) groups excluding carboxylic acids is 1. The minimum absolute atomic E-state index is 0.112. The van der Waals surface area contributed by atoms with Gasteiger partial charge in [-0.25, -0.2) is 13.6 Å². The van der Waals surface area contributed by atoms with Crippen molar-refractivity contribution in [2.45, 2.75) is 56.0 Å². The van der Waals surface area contributed by atoms with E-state index in [0.29, 0.717) is 6.04 Å². The largest absolute Gasteiger partial charge is 0.369 e. The third-order valence-electron chi connectivity index (χ3n) is 6.22. The minimum atomic E-state index is -3.67. The maximum Gasteiger partial charge on any atom is 0.239 e. The van der Waals surface area contributed by atoms with Crippen LogP contribution in [-0.4, -0.2) is 69.4 Å². The fourth-order valence-corrected chi connectivity index (χ4v) is 4.83. The smallest absolute Gasteiger partial charge is 0.239 e. The maximum absolute atomic E-state index is 12.9. The van der Waals surface area contributed by atoms with Crippen LogP contribution in [0.2, 0.25) is 0 Å². The van der Waals surface area contributed by atoms with Gasteiger partial charge in [0, 0.05) is 45.0 Å². The van der Waals surface area contributed by atoms with Crippen LogP contribution < -0.4 is 10.0 Å². The molecule has 1 amide bonds. The third-order valence-corrected chi connectivity index (χ3v) is 7.15. The lowest BCUT2D eigenvalue weighted by atomic mass is 9.94. The van der Waals surface area contributed by atoms with Gasteiger partial charge in [0.2, 0.25) is 15.9 Å². The summed E-state index contributed by atoms with van der Waals surface area (Å²) in [6.45, 7) is 5.24. The van der Waals surface area contributed by atoms with Crippen molar-refractivity contribution in [3.05, 3.63) is 24.3 Å². The third kappa shape index (κ3) is 4.85. The van der Waals surface area contributed by atoms with Crippen molar-refractivity contribution in [3.63, 3.8) is 0 Å². The Hall–Kier alpha value is -1.64. The monoisotopic (exact) mass is 408 g/mol. The van der Waals surface area contributed by atoms with Crippen molar-refractivity contribution >= 4 is 21.6 Å². The van der Waals surface area contributed by atoms with Gasteiger partial charge in [0.05, 0.1) is 10.9 Å². The molecule has 0 bridgehead atoms. The lowest BCUT2D eigenvalue weighted by Gasteiger charge is -2.41. The Bertz CT molecular complexity index is 767. The van der Waals surface area contributed by atoms with Gasteiger partial charge in [-0.15, -0.1) is 0 Å². The van der Waals surface area contributed by atoms with Crippen LogP contribution in [0.15, 0.2) is 29.2 Å². The first-order valence-corrected chi connectivity index (χ1v) is 11.7. The lowest BCUT2D eigenvalue weighted by Crippen LogP contribution is -2.55. The van der Waals surface area contributed by atoms with E-state index in [9.17, 15) is 13.2 Å².